The summed E-state index contributed by atoms with van der Waals surface area (Å²) in [6.07, 6.45) is 3.66. The fourth-order valence-corrected chi connectivity index (χ4v) is 2.88. The predicted molar refractivity (Wildman–Crippen MR) is 84.6 cm³/mol. The van der Waals surface area contributed by atoms with E-state index in [1.807, 2.05) is 48.8 Å². The number of fused-ring (bicyclic) bond motifs is 5. The molecule has 0 bridgehead atoms. The molecule has 0 aliphatic rings. The van der Waals surface area contributed by atoms with Crippen LogP contribution in [0.4, 0.5) is 0 Å². The molecule has 0 atom stereocenters. The lowest BCUT2D eigenvalue weighted by molar-refractivity contribution is 1.40. The van der Waals surface area contributed by atoms with Crippen molar-refractivity contribution in [2.45, 2.75) is 0 Å². The Bertz CT molecular complexity index is 903. The van der Waals surface area contributed by atoms with Gasteiger partial charge in [-0.15, -0.1) is 0 Å². The van der Waals surface area contributed by atoms with Crippen molar-refractivity contribution >= 4 is 55.8 Å². The molecule has 0 saturated heterocycles. The summed E-state index contributed by atoms with van der Waals surface area (Å²) in [5, 5.41) is 5.66. The first-order valence-corrected chi connectivity index (χ1v) is 6.90. The first-order valence-electron chi connectivity index (χ1n) is 6.14. The molecule has 0 saturated carbocycles. The average molecular weight is 299 g/mol. The van der Waals surface area contributed by atoms with Gasteiger partial charge in [0.15, 0.2) is 0 Å². The molecule has 2 aromatic heterocycles. The van der Waals surface area contributed by atoms with Crippen molar-refractivity contribution in [3.8, 4) is 0 Å². The van der Waals surface area contributed by atoms with E-state index in [2.05, 4.69) is 9.97 Å². The molecular weight excluding hydrogens is 291 g/mol. The van der Waals surface area contributed by atoms with Gasteiger partial charge in [-0.2, -0.15) is 0 Å². The maximum Gasteiger partial charge on any atom is 0.0723 e. The van der Waals surface area contributed by atoms with Gasteiger partial charge in [0.25, 0.3) is 0 Å². The SMILES string of the molecule is Clc1ccc2c(c1)ncc1cnc3cc(Cl)ccc3c12. The van der Waals surface area contributed by atoms with E-state index in [1.54, 1.807) is 0 Å². The lowest BCUT2D eigenvalue weighted by atomic mass is 10.0. The summed E-state index contributed by atoms with van der Waals surface area (Å²) in [7, 11) is 0. The number of hydrogen-bond donors (Lipinski definition) is 0. The van der Waals surface area contributed by atoms with E-state index in [0.717, 1.165) is 32.6 Å². The molecule has 4 rings (SSSR count). The van der Waals surface area contributed by atoms with Crippen LogP contribution in [0, 0.1) is 0 Å². The van der Waals surface area contributed by atoms with E-state index in [4.69, 9.17) is 23.2 Å². The molecule has 0 aliphatic carbocycles. The van der Waals surface area contributed by atoms with Crippen LogP contribution in [0.1, 0.15) is 0 Å². The Morgan fingerprint density at radius 2 is 1.20 bits per heavy atom. The van der Waals surface area contributed by atoms with Gasteiger partial charge in [-0.1, -0.05) is 35.3 Å². The highest BCUT2D eigenvalue weighted by Gasteiger charge is 2.08. The Balaban J connectivity index is 2.29. The third-order valence-corrected chi connectivity index (χ3v) is 3.90. The molecule has 0 unspecified atom stereocenters. The first kappa shape index (κ1) is 11.9. The van der Waals surface area contributed by atoms with Crippen LogP contribution in [0.3, 0.4) is 0 Å². The van der Waals surface area contributed by atoms with E-state index in [-0.39, 0.29) is 0 Å². The number of hydrogen-bond acceptors (Lipinski definition) is 2. The molecule has 0 amide bonds. The fraction of sp³-hybridized carbons (Fsp3) is 0. The van der Waals surface area contributed by atoms with Crippen LogP contribution in [-0.2, 0) is 0 Å². The second-order valence-electron chi connectivity index (χ2n) is 4.67. The van der Waals surface area contributed by atoms with Gasteiger partial charge in [-0.3, -0.25) is 9.97 Å². The van der Waals surface area contributed by atoms with E-state index in [0.29, 0.717) is 10.0 Å². The zero-order chi connectivity index (χ0) is 13.7. The van der Waals surface area contributed by atoms with Crippen LogP contribution in [0.5, 0.6) is 0 Å². The monoisotopic (exact) mass is 298 g/mol. The maximum absolute atomic E-state index is 6.04. The number of benzene rings is 2. The molecule has 2 heterocycles. The molecule has 20 heavy (non-hydrogen) atoms. The highest BCUT2D eigenvalue weighted by molar-refractivity contribution is 6.32. The number of rotatable bonds is 0. The largest absolute Gasteiger partial charge is 0.255 e. The minimum atomic E-state index is 0.686. The van der Waals surface area contributed by atoms with E-state index in [1.165, 1.54) is 0 Å². The standard InChI is InChI=1S/C16H8Cl2N2/c17-10-1-3-12-14(5-10)19-7-9-8-20-15-6-11(18)2-4-13(15)16(9)12/h1-8H. The molecule has 0 fully saturated rings. The fourth-order valence-electron chi connectivity index (χ4n) is 2.54. The quantitative estimate of drug-likeness (QED) is 0.415. The normalized spacial score (nSPS) is 11.5. The van der Waals surface area contributed by atoms with Crippen molar-refractivity contribution in [1.82, 2.24) is 9.97 Å². The number of halogens is 2. The van der Waals surface area contributed by atoms with Crippen LogP contribution >= 0.6 is 23.2 Å². The van der Waals surface area contributed by atoms with Crippen LogP contribution in [-0.4, -0.2) is 9.97 Å². The summed E-state index contributed by atoms with van der Waals surface area (Å²) in [5.74, 6) is 0. The zero-order valence-corrected chi connectivity index (χ0v) is 11.8. The Labute approximate surface area is 125 Å². The van der Waals surface area contributed by atoms with Crippen molar-refractivity contribution in [3.63, 3.8) is 0 Å². The lowest BCUT2D eigenvalue weighted by Gasteiger charge is -2.07. The van der Waals surface area contributed by atoms with Crippen molar-refractivity contribution in [2.24, 2.45) is 0 Å². The predicted octanol–water partition coefficient (Wildman–Crippen LogP) is 5.24. The third kappa shape index (κ3) is 1.73. The highest BCUT2D eigenvalue weighted by Crippen LogP contribution is 2.31. The zero-order valence-electron chi connectivity index (χ0n) is 10.3. The topological polar surface area (TPSA) is 25.8 Å². The third-order valence-electron chi connectivity index (χ3n) is 3.43. The molecule has 96 valence electrons. The van der Waals surface area contributed by atoms with Crippen molar-refractivity contribution in [1.29, 1.82) is 0 Å². The van der Waals surface area contributed by atoms with Crippen LogP contribution in [0.15, 0.2) is 48.8 Å². The Hall–Kier alpha value is -1.90. The molecule has 4 heteroatoms. The average Bonchev–Trinajstić information content (AvgIpc) is 2.46. The summed E-state index contributed by atoms with van der Waals surface area (Å²) < 4.78 is 0. The Morgan fingerprint density at radius 3 is 1.70 bits per heavy atom. The molecule has 2 aromatic carbocycles. The van der Waals surface area contributed by atoms with E-state index in [9.17, 15) is 0 Å². The Morgan fingerprint density at radius 1 is 0.700 bits per heavy atom. The molecule has 0 spiro atoms. The second-order valence-corrected chi connectivity index (χ2v) is 5.54. The lowest BCUT2D eigenvalue weighted by Crippen LogP contribution is -1.86. The summed E-state index contributed by atoms with van der Waals surface area (Å²) in [6.45, 7) is 0. The number of nitrogens with zero attached hydrogens (tertiary/aromatic N) is 2. The molecule has 0 N–H and O–H groups in total. The van der Waals surface area contributed by atoms with Gasteiger partial charge in [0.2, 0.25) is 0 Å². The van der Waals surface area contributed by atoms with Crippen molar-refractivity contribution in [2.75, 3.05) is 0 Å². The second kappa shape index (κ2) is 4.30. The van der Waals surface area contributed by atoms with Gasteiger partial charge in [0, 0.05) is 44.0 Å². The van der Waals surface area contributed by atoms with Gasteiger partial charge in [0.05, 0.1) is 11.0 Å². The Kier molecular flexibility index (Phi) is 2.56. The number of aromatic nitrogens is 2. The minimum absolute atomic E-state index is 0.686. The molecule has 4 aromatic rings. The van der Waals surface area contributed by atoms with Crippen LogP contribution in [0.25, 0.3) is 32.6 Å². The summed E-state index contributed by atoms with van der Waals surface area (Å²) >= 11 is 12.1. The molecule has 0 aliphatic heterocycles. The van der Waals surface area contributed by atoms with Crippen molar-refractivity contribution in [3.05, 3.63) is 58.8 Å². The van der Waals surface area contributed by atoms with Gasteiger partial charge >= 0.3 is 0 Å². The van der Waals surface area contributed by atoms with E-state index >= 15 is 0 Å². The van der Waals surface area contributed by atoms with Gasteiger partial charge in [0.1, 0.15) is 0 Å². The summed E-state index contributed by atoms with van der Waals surface area (Å²) in [5.41, 5.74) is 1.76. The smallest absolute Gasteiger partial charge is 0.0723 e. The first-order chi connectivity index (χ1) is 9.72. The summed E-state index contributed by atoms with van der Waals surface area (Å²) in [6, 6.07) is 11.5. The number of pyridine rings is 2. The molecule has 0 radical (unpaired) electrons. The van der Waals surface area contributed by atoms with Crippen LogP contribution in [0.2, 0.25) is 10.0 Å². The van der Waals surface area contributed by atoms with E-state index < -0.39 is 0 Å². The van der Waals surface area contributed by atoms with Gasteiger partial charge in [-0.25, -0.2) is 0 Å². The van der Waals surface area contributed by atoms with Gasteiger partial charge < -0.3 is 0 Å². The van der Waals surface area contributed by atoms with Crippen molar-refractivity contribution < 1.29 is 0 Å². The summed E-state index contributed by atoms with van der Waals surface area (Å²) in [4.78, 5) is 8.89. The molecular formula is C16H8Cl2N2. The van der Waals surface area contributed by atoms with Crippen LogP contribution < -0.4 is 0 Å². The van der Waals surface area contributed by atoms with Gasteiger partial charge in [-0.05, 0) is 24.3 Å². The minimum Gasteiger partial charge on any atom is -0.255 e. The highest BCUT2D eigenvalue weighted by atomic mass is 35.5. The maximum atomic E-state index is 6.04. The molecule has 2 nitrogen and oxygen atoms in total.